The fraction of sp³-hybridized carbons (Fsp3) is 0.625. The molecule has 1 fully saturated rings. The number of ether oxygens (including phenoxy) is 1. The Morgan fingerprint density at radius 1 is 1.33 bits per heavy atom. The molecular formula is C16H25NO. The highest BCUT2D eigenvalue weighted by Gasteiger charge is 2.30. The van der Waals surface area contributed by atoms with E-state index in [9.17, 15) is 0 Å². The van der Waals surface area contributed by atoms with Gasteiger partial charge in [-0.3, -0.25) is 0 Å². The molecule has 3 unspecified atom stereocenters. The number of hydrogen-bond acceptors (Lipinski definition) is 2. The molecule has 1 saturated heterocycles. The van der Waals surface area contributed by atoms with Crippen molar-refractivity contribution in [2.75, 3.05) is 13.2 Å². The van der Waals surface area contributed by atoms with Crippen LogP contribution in [0.4, 0.5) is 0 Å². The molecule has 1 aliphatic heterocycles. The summed E-state index contributed by atoms with van der Waals surface area (Å²) in [5, 5.41) is 3.65. The normalized spacial score (nSPS) is 25.2. The number of nitrogens with one attached hydrogen (secondary N) is 1. The molecule has 2 nitrogen and oxygen atoms in total. The summed E-state index contributed by atoms with van der Waals surface area (Å²) in [5.41, 5.74) is 1.44. The number of rotatable bonds is 6. The summed E-state index contributed by atoms with van der Waals surface area (Å²) >= 11 is 0. The van der Waals surface area contributed by atoms with Crippen LogP contribution in [0.15, 0.2) is 30.3 Å². The first-order valence-corrected chi connectivity index (χ1v) is 7.20. The maximum Gasteiger partial charge on any atom is 0.0590 e. The van der Waals surface area contributed by atoms with Crippen molar-refractivity contribution < 1.29 is 4.74 Å². The Labute approximate surface area is 111 Å². The SMILES string of the molecule is CCNC(CCc1ccccc1)C1CCOC1C. The molecule has 2 heteroatoms. The minimum Gasteiger partial charge on any atom is -0.378 e. The summed E-state index contributed by atoms with van der Waals surface area (Å²) in [6.45, 7) is 6.38. The van der Waals surface area contributed by atoms with Crippen LogP contribution >= 0.6 is 0 Å². The van der Waals surface area contributed by atoms with Gasteiger partial charge in [0, 0.05) is 18.6 Å². The van der Waals surface area contributed by atoms with E-state index in [4.69, 9.17) is 4.74 Å². The lowest BCUT2D eigenvalue weighted by molar-refractivity contribution is 0.0945. The van der Waals surface area contributed by atoms with Crippen molar-refractivity contribution in [2.24, 2.45) is 5.92 Å². The molecule has 1 aromatic carbocycles. The molecule has 100 valence electrons. The molecule has 1 aromatic rings. The maximum absolute atomic E-state index is 5.70. The van der Waals surface area contributed by atoms with Gasteiger partial charge in [-0.1, -0.05) is 37.3 Å². The van der Waals surface area contributed by atoms with Crippen molar-refractivity contribution in [1.29, 1.82) is 0 Å². The van der Waals surface area contributed by atoms with E-state index in [1.807, 2.05) is 0 Å². The second-order valence-electron chi connectivity index (χ2n) is 5.22. The quantitative estimate of drug-likeness (QED) is 0.834. The van der Waals surface area contributed by atoms with E-state index in [0.29, 0.717) is 18.1 Å². The molecule has 0 spiro atoms. The van der Waals surface area contributed by atoms with Crippen LogP contribution in [0, 0.1) is 5.92 Å². The molecule has 1 heterocycles. The lowest BCUT2D eigenvalue weighted by Crippen LogP contribution is -2.39. The van der Waals surface area contributed by atoms with Crippen molar-refractivity contribution >= 4 is 0 Å². The van der Waals surface area contributed by atoms with Crippen LogP contribution in [0.5, 0.6) is 0 Å². The molecule has 1 N–H and O–H groups in total. The average Bonchev–Trinajstić information content (AvgIpc) is 2.82. The average molecular weight is 247 g/mol. The van der Waals surface area contributed by atoms with Gasteiger partial charge in [-0.2, -0.15) is 0 Å². The van der Waals surface area contributed by atoms with Crippen molar-refractivity contribution in [1.82, 2.24) is 5.32 Å². The Morgan fingerprint density at radius 3 is 2.72 bits per heavy atom. The first-order valence-electron chi connectivity index (χ1n) is 7.20. The van der Waals surface area contributed by atoms with Crippen LogP contribution in [-0.2, 0) is 11.2 Å². The summed E-state index contributed by atoms with van der Waals surface area (Å²) in [7, 11) is 0. The van der Waals surface area contributed by atoms with Crippen molar-refractivity contribution in [3.63, 3.8) is 0 Å². The summed E-state index contributed by atoms with van der Waals surface area (Å²) < 4.78 is 5.70. The number of benzene rings is 1. The molecule has 0 radical (unpaired) electrons. The largest absolute Gasteiger partial charge is 0.378 e. The van der Waals surface area contributed by atoms with E-state index >= 15 is 0 Å². The van der Waals surface area contributed by atoms with Crippen LogP contribution in [0.2, 0.25) is 0 Å². The van der Waals surface area contributed by atoms with E-state index in [-0.39, 0.29) is 0 Å². The molecule has 18 heavy (non-hydrogen) atoms. The monoisotopic (exact) mass is 247 g/mol. The van der Waals surface area contributed by atoms with Gasteiger partial charge in [-0.05, 0) is 38.3 Å². The van der Waals surface area contributed by atoms with Crippen LogP contribution in [0.25, 0.3) is 0 Å². The molecule has 0 aliphatic carbocycles. The molecule has 0 saturated carbocycles. The van der Waals surface area contributed by atoms with Crippen LogP contribution in [-0.4, -0.2) is 25.3 Å². The summed E-state index contributed by atoms with van der Waals surface area (Å²) in [4.78, 5) is 0. The second-order valence-corrected chi connectivity index (χ2v) is 5.22. The summed E-state index contributed by atoms with van der Waals surface area (Å²) in [5.74, 6) is 0.675. The van der Waals surface area contributed by atoms with Crippen LogP contribution < -0.4 is 5.32 Å². The molecular weight excluding hydrogens is 222 g/mol. The fourth-order valence-electron chi connectivity index (χ4n) is 2.97. The van der Waals surface area contributed by atoms with E-state index in [2.05, 4.69) is 49.5 Å². The third-order valence-corrected chi connectivity index (χ3v) is 4.00. The second kappa shape index (κ2) is 6.91. The van der Waals surface area contributed by atoms with Gasteiger partial charge < -0.3 is 10.1 Å². The summed E-state index contributed by atoms with van der Waals surface area (Å²) in [6, 6.07) is 11.4. The van der Waals surface area contributed by atoms with E-state index in [1.54, 1.807) is 0 Å². The third kappa shape index (κ3) is 3.56. The summed E-state index contributed by atoms with van der Waals surface area (Å²) in [6.07, 6.45) is 3.97. The Balaban J connectivity index is 1.90. The van der Waals surface area contributed by atoms with Gasteiger partial charge in [-0.25, -0.2) is 0 Å². The van der Waals surface area contributed by atoms with E-state index in [1.165, 1.54) is 18.4 Å². The van der Waals surface area contributed by atoms with Crippen LogP contribution in [0.1, 0.15) is 32.3 Å². The maximum atomic E-state index is 5.70. The molecule has 0 bridgehead atoms. The highest BCUT2D eigenvalue weighted by molar-refractivity contribution is 5.14. The Bertz CT molecular complexity index is 338. The highest BCUT2D eigenvalue weighted by Crippen LogP contribution is 2.26. The fourth-order valence-corrected chi connectivity index (χ4v) is 2.97. The van der Waals surface area contributed by atoms with Crippen molar-refractivity contribution in [3.8, 4) is 0 Å². The molecule has 1 aliphatic rings. The van der Waals surface area contributed by atoms with E-state index < -0.39 is 0 Å². The number of aryl methyl sites for hydroxylation is 1. The van der Waals surface area contributed by atoms with Gasteiger partial charge in [0.05, 0.1) is 6.10 Å². The van der Waals surface area contributed by atoms with Crippen molar-refractivity contribution in [3.05, 3.63) is 35.9 Å². The van der Waals surface area contributed by atoms with Crippen molar-refractivity contribution in [2.45, 2.75) is 45.3 Å². The smallest absolute Gasteiger partial charge is 0.0590 e. The standard InChI is InChI=1S/C16H25NO/c1-3-17-16(15-11-12-18-13(15)2)10-9-14-7-5-4-6-8-14/h4-8,13,15-17H,3,9-12H2,1-2H3. The molecule has 3 atom stereocenters. The Hall–Kier alpha value is -0.860. The lowest BCUT2D eigenvalue weighted by atomic mass is 9.89. The van der Waals surface area contributed by atoms with Gasteiger partial charge in [0.25, 0.3) is 0 Å². The molecule has 0 amide bonds. The zero-order chi connectivity index (χ0) is 12.8. The minimum absolute atomic E-state index is 0.407. The van der Waals surface area contributed by atoms with Gasteiger partial charge in [-0.15, -0.1) is 0 Å². The zero-order valence-electron chi connectivity index (χ0n) is 11.6. The number of hydrogen-bond donors (Lipinski definition) is 1. The predicted molar refractivity (Wildman–Crippen MR) is 75.7 cm³/mol. The first kappa shape index (κ1) is 13.6. The Kier molecular flexibility index (Phi) is 5.21. The lowest BCUT2D eigenvalue weighted by Gasteiger charge is -2.26. The zero-order valence-corrected chi connectivity index (χ0v) is 11.6. The molecule has 0 aromatic heterocycles. The minimum atomic E-state index is 0.407. The third-order valence-electron chi connectivity index (χ3n) is 4.00. The van der Waals surface area contributed by atoms with Gasteiger partial charge in [0.1, 0.15) is 0 Å². The topological polar surface area (TPSA) is 21.3 Å². The van der Waals surface area contributed by atoms with Gasteiger partial charge in [0.2, 0.25) is 0 Å². The van der Waals surface area contributed by atoms with Crippen LogP contribution in [0.3, 0.4) is 0 Å². The van der Waals surface area contributed by atoms with Gasteiger partial charge >= 0.3 is 0 Å². The van der Waals surface area contributed by atoms with Gasteiger partial charge in [0.15, 0.2) is 0 Å². The molecule has 2 rings (SSSR count). The van der Waals surface area contributed by atoms with E-state index in [0.717, 1.165) is 19.6 Å². The highest BCUT2D eigenvalue weighted by atomic mass is 16.5. The first-order chi connectivity index (χ1) is 8.81. The Morgan fingerprint density at radius 2 is 2.11 bits per heavy atom. The predicted octanol–water partition coefficient (Wildman–Crippen LogP) is 3.02.